The molecule has 0 aliphatic carbocycles. The van der Waals surface area contributed by atoms with Crippen molar-refractivity contribution in [2.45, 2.75) is 12.5 Å². The van der Waals surface area contributed by atoms with Crippen LogP contribution in [0.3, 0.4) is 0 Å². The summed E-state index contributed by atoms with van der Waals surface area (Å²) in [4.78, 5) is 15.9. The predicted molar refractivity (Wildman–Crippen MR) is 102 cm³/mol. The third kappa shape index (κ3) is 3.36. The highest BCUT2D eigenvalue weighted by Gasteiger charge is 2.23. The molecule has 6 heteroatoms. The smallest absolute Gasteiger partial charge is 0.223 e. The Bertz CT molecular complexity index is 857. The number of nitrogens with zero attached hydrogens (tertiary/aromatic N) is 4. The molecule has 1 N–H and O–H groups in total. The SMILES string of the molecule is COCC(Nc1ncc2c(n1)CCN2c1ccccc1)c1ccccn1. The van der Waals surface area contributed by atoms with Crippen LogP contribution in [0.15, 0.2) is 60.9 Å². The van der Waals surface area contributed by atoms with Crippen LogP contribution in [-0.4, -0.2) is 35.2 Å². The monoisotopic (exact) mass is 347 g/mol. The number of rotatable bonds is 6. The minimum atomic E-state index is -0.0918. The Hall–Kier alpha value is -2.99. The Kier molecular flexibility index (Phi) is 4.75. The molecule has 1 unspecified atom stereocenters. The minimum Gasteiger partial charge on any atom is -0.382 e. The molecule has 0 saturated heterocycles. The van der Waals surface area contributed by atoms with E-state index in [1.165, 1.54) is 5.69 Å². The summed E-state index contributed by atoms with van der Waals surface area (Å²) in [6, 6.07) is 16.1. The average Bonchev–Trinajstić information content (AvgIpc) is 3.12. The van der Waals surface area contributed by atoms with Crippen molar-refractivity contribution in [1.82, 2.24) is 15.0 Å². The van der Waals surface area contributed by atoms with Gasteiger partial charge in [-0.1, -0.05) is 24.3 Å². The number of nitrogens with one attached hydrogen (secondary N) is 1. The van der Waals surface area contributed by atoms with Crippen molar-refractivity contribution in [3.63, 3.8) is 0 Å². The zero-order valence-corrected chi connectivity index (χ0v) is 14.7. The molecule has 0 radical (unpaired) electrons. The van der Waals surface area contributed by atoms with Gasteiger partial charge in [0.05, 0.1) is 35.9 Å². The summed E-state index contributed by atoms with van der Waals surface area (Å²) >= 11 is 0. The van der Waals surface area contributed by atoms with Crippen LogP contribution in [-0.2, 0) is 11.2 Å². The summed E-state index contributed by atoms with van der Waals surface area (Å²) in [5, 5.41) is 3.35. The molecule has 0 fully saturated rings. The molecule has 26 heavy (non-hydrogen) atoms. The molecule has 0 saturated carbocycles. The molecule has 0 bridgehead atoms. The highest BCUT2D eigenvalue weighted by Crippen LogP contribution is 2.33. The van der Waals surface area contributed by atoms with Gasteiger partial charge >= 0.3 is 0 Å². The first-order valence-electron chi connectivity index (χ1n) is 8.70. The Morgan fingerprint density at radius 2 is 1.96 bits per heavy atom. The zero-order valence-electron chi connectivity index (χ0n) is 14.7. The van der Waals surface area contributed by atoms with E-state index in [0.717, 1.165) is 30.0 Å². The molecule has 3 heterocycles. The maximum absolute atomic E-state index is 5.33. The molecule has 1 aliphatic rings. The van der Waals surface area contributed by atoms with Gasteiger partial charge in [0.1, 0.15) is 0 Å². The maximum atomic E-state index is 5.33. The first-order chi connectivity index (χ1) is 12.8. The largest absolute Gasteiger partial charge is 0.382 e. The van der Waals surface area contributed by atoms with Gasteiger partial charge in [0, 0.05) is 32.0 Å². The lowest BCUT2D eigenvalue weighted by atomic mass is 10.2. The van der Waals surface area contributed by atoms with E-state index in [-0.39, 0.29) is 6.04 Å². The highest BCUT2D eigenvalue weighted by atomic mass is 16.5. The third-order valence-corrected chi connectivity index (χ3v) is 4.46. The van der Waals surface area contributed by atoms with Gasteiger partial charge in [-0.15, -0.1) is 0 Å². The van der Waals surface area contributed by atoms with E-state index in [0.29, 0.717) is 12.6 Å². The molecule has 6 nitrogen and oxygen atoms in total. The molecule has 1 aliphatic heterocycles. The number of fused-ring (bicyclic) bond motifs is 1. The van der Waals surface area contributed by atoms with E-state index >= 15 is 0 Å². The predicted octanol–water partition coefficient (Wildman–Crippen LogP) is 3.37. The summed E-state index contributed by atoms with van der Waals surface area (Å²) < 4.78 is 5.33. The second-order valence-electron chi connectivity index (χ2n) is 6.17. The van der Waals surface area contributed by atoms with Crippen molar-refractivity contribution in [1.29, 1.82) is 0 Å². The Balaban J connectivity index is 1.56. The lowest BCUT2D eigenvalue weighted by molar-refractivity contribution is 0.185. The van der Waals surface area contributed by atoms with Gasteiger partial charge in [0.15, 0.2) is 0 Å². The lowest BCUT2D eigenvalue weighted by Gasteiger charge is -2.20. The first kappa shape index (κ1) is 16.5. The maximum Gasteiger partial charge on any atom is 0.223 e. The highest BCUT2D eigenvalue weighted by molar-refractivity contribution is 5.68. The van der Waals surface area contributed by atoms with Crippen LogP contribution in [0.25, 0.3) is 0 Å². The van der Waals surface area contributed by atoms with Gasteiger partial charge < -0.3 is 15.0 Å². The Morgan fingerprint density at radius 1 is 1.12 bits per heavy atom. The molecule has 1 aromatic carbocycles. The number of hydrogen-bond acceptors (Lipinski definition) is 6. The van der Waals surface area contributed by atoms with E-state index in [2.05, 4.69) is 32.3 Å². The van der Waals surface area contributed by atoms with Crippen LogP contribution in [0.2, 0.25) is 0 Å². The molecule has 0 amide bonds. The van der Waals surface area contributed by atoms with E-state index in [1.54, 1.807) is 13.3 Å². The summed E-state index contributed by atoms with van der Waals surface area (Å²) in [7, 11) is 1.68. The normalized spacial score (nSPS) is 14.1. The van der Waals surface area contributed by atoms with Crippen molar-refractivity contribution in [2.75, 3.05) is 30.5 Å². The zero-order chi connectivity index (χ0) is 17.8. The second-order valence-corrected chi connectivity index (χ2v) is 6.17. The molecule has 3 aromatic rings. The Labute approximate surface area is 152 Å². The van der Waals surface area contributed by atoms with Gasteiger partial charge in [-0.05, 0) is 24.3 Å². The van der Waals surface area contributed by atoms with Crippen molar-refractivity contribution in [2.24, 2.45) is 0 Å². The van der Waals surface area contributed by atoms with Crippen molar-refractivity contribution in [3.8, 4) is 0 Å². The van der Waals surface area contributed by atoms with Crippen LogP contribution in [0, 0.1) is 0 Å². The number of pyridine rings is 1. The topological polar surface area (TPSA) is 63.2 Å². The van der Waals surface area contributed by atoms with Crippen LogP contribution in [0.4, 0.5) is 17.3 Å². The van der Waals surface area contributed by atoms with E-state index in [1.807, 2.05) is 42.6 Å². The Morgan fingerprint density at radius 3 is 2.73 bits per heavy atom. The number of methoxy groups -OCH3 is 1. The minimum absolute atomic E-state index is 0.0918. The molecular formula is C20H21N5O. The summed E-state index contributed by atoms with van der Waals surface area (Å²) in [5.74, 6) is 0.603. The fourth-order valence-corrected chi connectivity index (χ4v) is 3.21. The number of hydrogen-bond donors (Lipinski definition) is 1. The van der Waals surface area contributed by atoms with E-state index in [4.69, 9.17) is 9.72 Å². The summed E-state index contributed by atoms with van der Waals surface area (Å²) in [6.45, 7) is 1.41. The molecule has 132 valence electrons. The number of para-hydroxylation sites is 1. The fourth-order valence-electron chi connectivity index (χ4n) is 3.21. The first-order valence-corrected chi connectivity index (χ1v) is 8.70. The number of aromatic nitrogens is 3. The van der Waals surface area contributed by atoms with Crippen molar-refractivity contribution in [3.05, 3.63) is 72.3 Å². The van der Waals surface area contributed by atoms with E-state index < -0.39 is 0 Å². The molecular weight excluding hydrogens is 326 g/mol. The number of ether oxygens (including phenoxy) is 1. The van der Waals surface area contributed by atoms with Gasteiger partial charge in [0.25, 0.3) is 0 Å². The number of anilines is 3. The van der Waals surface area contributed by atoms with Gasteiger partial charge in [0.2, 0.25) is 5.95 Å². The fraction of sp³-hybridized carbons (Fsp3) is 0.250. The summed E-state index contributed by atoms with van der Waals surface area (Å²) in [6.07, 6.45) is 4.58. The van der Waals surface area contributed by atoms with Gasteiger partial charge in [-0.3, -0.25) is 4.98 Å². The molecule has 1 atom stereocenters. The lowest BCUT2D eigenvalue weighted by Crippen LogP contribution is -2.19. The third-order valence-electron chi connectivity index (χ3n) is 4.46. The van der Waals surface area contributed by atoms with Gasteiger partial charge in [-0.25, -0.2) is 9.97 Å². The second kappa shape index (κ2) is 7.49. The summed E-state index contributed by atoms with van der Waals surface area (Å²) in [5.41, 5.74) is 4.21. The van der Waals surface area contributed by atoms with Crippen LogP contribution in [0.1, 0.15) is 17.4 Å². The van der Waals surface area contributed by atoms with Crippen LogP contribution < -0.4 is 10.2 Å². The molecule has 4 rings (SSSR count). The van der Waals surface area contributed by atoms with Crippen LogP contribution in [0.5, 0.6) is 0 Å². The van der Waals surface area contributed by atoms with Crippen LogP contribution >= 0.6 is 0 Å². The van der Waals surface area contributed by atoms with Crippen molar-refractivity contribution >= 4 is 17.3 Å². The quantitative estimate of drug-likeness (QED) is 0.738. The molecule has 0 spiro atoms. The standard InChI is InChI=1S/C20H21N5O/c1-26-14-18(16-9-5-6-11-21-16)24-20-22-13-19-17(23-20)10-12-25(19)15-7-3-2-4-8-15/h2-9,11,13,18H,10,12,14H2,1H3,(H,22,23,24). The van der Waals surface area contributed by atoms with E-state index in [9.17, 15) is 0 Å². The van der Waals surface area contributed by atoms with Gasteiger partial charge in [-0.2, -0.15) is 0 Å². The number of benzene rings is 1. The molecule has 2 aromatic heterocycles. The van der Waals surface area contributed by atoms with Crippen molar-refractivity contribution < 1.29 is 4.74 Å². The average molecular weight is 347 g/mol.